The van der Waals surface area contributed by atoms with E-state index in [2.05, 4.69) is 15.6 Å². The zero-order valence-electron chi connectivity index (χ0n) is 12.4. The minimum Gasteiger partial charge on any atom is -0.361 e. The first-order valence-electron chi connectivity index (χ1n) is 7.06. The van der Waals surface area contributed by atoms with Crippen molar-refractivity contribution in [2.45, 2.75) is 20.3 Å². The molecule has 0 aliphatic heterocycles. The number of nitrogens with one attached hydrogen (secondary N) is 1. The lowest BCUT2D eigenvalue weighted by Gasteiger charge is -2.07. The van der Waals surface area contributed by atoms with E-state index >= 15 is 0 Å². The normalized spacial score (nSPS) is 10.6. The molecule has 0 saturated heterocycles. The number of rotatable bonds is 4. The van der Waals surface area contributed by atoms with E-state index in [0.717, 1.165) is 11.4 Å². The molecule has 0 aliphatic rings. The molecule has 2 aromatic heterocycles. The zero-order chi connectivity index (χ0) is 15.5. The van der Waals surface area contributed by atoms with E-state index < -0.39 is 0 Å². The van der Waals surface area contributed by atoms with Crippen LogP contribution in [0.4, 0.5) is 5.82 Å². The topological polar surface area (TPSA) is 73.0 Å². The van der Waals surface area contributed by atoms with Crippen molar-refractivity contribution in [3.05, 3.63) is 59.6 Å². The average Bonchev–Trinajstić information content (AvgIpc) is 3.15. The monoisotopic (exact) mass is 296 g/mol. The third-order valence-electron chi connectivity index (χ3n) is 3.21. The number of aromatic nitrogens is 3. The summed E-state index contributed by atoms with van der Waals surface area (Å²) >= 11 is 0. The average molecular weight is 296 g/mol. The molecule has 0 unspecified atom stereocenters. The second kappa shape index (κ2) is 5.85. The third kappa shape index (κ3) is 2.76. The number of nitrogens with zero attached hydrogens (tertiary/aromatic N) is 3. The Labute approximate surface area is 127 Å². The van der Waals surface area contributed by atoms with Gasteiger partial charge in [0, 0.05) is 18.6 Å². The summed E-state index contributed by atoms with van der Waals surface area (Å²) in [6.07, 6.45) is 0.696. The van der Waals surface area contributed by atoms with Crippen LogP contribution < -0.4 is 5.32 Å². The molecule has 6 heteroatoms. The molecule has 0 saturated carbocycles. The number of benzene rings is 1. The quantitative estimate of drug-likeness (QED) is 0.803. The SMILES string of the molecule is CCc1cc(C(=O)Nc2cc(C)nn2-c2ccccc2)no1. The van der Waals surface area contributed by atoms with Gasteiger partial charge in [0.05, 0.1) is 11.4 Å². The van der Waals surface area contributed by atoms with Crippen LogP contribution in [-0.4, -0.2) is 20.8 Å². The van der Waals surface area contributed by atoms with Crippen molar-refractivity contribution in [3.63, 3.8) is 0 Å². The fourth-order valence-electron chi connectivity index (χ4n) is 2.12. The molecule has 1 N–H and O–H groups in total. The van der Waals surface area contributed by atoms with Crippen molar-refractivity contribution in [1.82, 2.24) is 14.9 Å². The fraction of sp³-hybridized carbons (Fsp3) is 0.188. The molecule has 22 heavy (non-hydrogen) atoms. The number of para-hydroxylation sites is 1. The molecular formula is C16H16N4O2. The number of hydrogen-bond acceptors (Lipinski definition) is 4. The summed E-state index contributed by atoms with van der Waals surface area (Å²) in [6, 6.07) is 13.1. The highest BCUT2D eigenvalue weighted by atomic mass is 16.5. The summed E-state index contributed by atoms with van der Waals surface area (Å²) in [7, 11) is 0. The zero-order valence-corrected chi connectivity index (χ0v) is 12.4. The second-order valence-electron chi connectivity index (χ2n) is 4.90. The molecule has 3 rings (SSSR count). The highest BCUT2D eigenvalue weighted by molar-refractivity contribution is 6.02. The van der Waals surface area contributed by atoms with Crippen molar-refractivity contribution < 1.29 is 9.32 Å². The Bertz CT molecular complexity index is 790. The van der Waals surface area contributed by atoms with Crippen LogP contribution in [0.5, 0.6) is 0 Å². The van der Waals surface area contributed by atoms with Crippen molar-refractivity contribution in [3.8, 4) is 5.69 Å². The van der Waals surface area contributed by atoms with E-state index in [1.807, 2.05) is 50.2 Å². The maximum atomic E-state index is 12.3. The van der Waals surface area contributed by atoms with E-state index in [1.54, 1.807) is 10.7 Å². The lowest BCUT2D eigenvalue weighted by molar-refractivity contribution is 0.101. The van der Waals surface area contributed by atoms with Gasteiger partial charge < -0.3 is 9.84 Å². The number of anilines is 1. The molecule has 3 aromatic rings. The molecule has 0 atom stereocenters. The van der Waals surface area contributed by atoms with Crippen LogP contribution in [0.25, 0.3) is 5.69 Å². The van der Waals surface area contributed by atoms with Gasteiger partial charge in [-0.1, -0.05) is 30.3 Å². The van der Waals surface area contributed by atoms with Gasteiger partial charge in [0.25, 0.3) is 5.91 Å². The Morgan fingerprint density at radius 2 is 2.05 bits per heavy atom. The maximum Gasteiger partial charge on any atom is 0.279 e. The number of carbonyl (C=O) groups is 1. The van der Waals surface area contributed by atoms with Crippen LogP contribution in [0.3, 0.4) is 0 Å². The molecule has 0 aliphatic carbocycles. The van der Waals surface area contributed by atoms with Gasteiger partial charge in [0.15, 0.2) is 5.69 Å². The van der Waals surface area contributed by atoms with Gasteiger partial charge in [-0.25, -0.2) is 4.68 Å². The lowest BCUT2D eigenvalue weighted by atomic mass is 10.3. The molecule has 1 aromatic carbocycles. The van der Waals surface area contributed by atoms with Crippen molar-refractivity contribution >= 4 is 11.7 Å². The lowest BCUT2D eigenvalue weighted by Crippen LogP contribution is -2.15. The molecular weight excluding hydrogens is 280 g/mol. The molecule has 2 heterocycles. The van der Waals surface area contributed by atoms with Crippen LogP contribution >= 0.6 is 0 Å². The van der Waals surface area contributed by atoms with E-state index in [4.69, 9.17) is 4.52 Å². The summed E-state index contributed by atoms with van der Waals surface area (Å²) in [5.74, 6) is 0.952. The number of aryl methyl sites for hydroxylation is 2. The van der Waals surface area contributed by atoms with Gasteiger partial charge in [0.1, 0.15) is 11.6 Å². The molecule has 0 fully saturated rings. The van der Waals surface area contributed by atoms with Gasteiger partial charge in [-0.15, -0.1) is 0 Å². The van der Waals surface area contributed by atoms with Gasteiger partial charge in [-0.2, -0.15) is 5.10 Å². The Hall–Kier alpha value is -2.89. The number of hydrogen-bond donors (Lipinski definition) is 1. The fourth-order valence-corrected chi connectivity index (χ4v) is 2.12. The second-order valence-corrected chi connectivity index (χ2v) is 4.90. The molecule has 6 nitrogen and oxygen atoms in total. The predicted molar refractivity (Wildman–Crippen MR) is 82.1 cm³/mol. The van der Waals surface area contributed by atoms with Crippen LogP contribution in [0.15, 0.2) is 47.0 Å². The van der Waals surface area contributed by atoms with Gasteiger partial charge >= 0.3 is 0 Å². The highest BCUT2D eigenvalue weighted by Gasteiger charge is 2.15. The third-order valence-corrected chi connectivity index (χ3v) is 3.21. The summed E-state index contributed by atoms with van der Waals surface area (Å²) in [5, 5.41) is 11.0. The van der Waals surface area contributed by atoms with E-state index in [0.29, 0.717) is 18.0 Å². The summed E-state index contributed by atoms with van der Waals surface area (Å²) in [4.78, 5) is 12.3. The summed E-state index contributed by atoms with van der Waals surface area (Å²) < 4.78 is 6.75. The molecule has 0 radical (unpaired) electrons. The molecule has 112 valence electrons. The molecule has 1 amide bonds. The van der Waals surface area contributed by atoms with Crippen molar-refractivity contribution in [1.29, 1.82) is 0 Å². The van der Waals surface area contributed by atoms with Gasteiger partial charge in [0.2, 0.25) is 0 Å². The molecule has 0 spiro atoms. The van der Waals surface area contributed by atoms with Gasteiger partial charge in [-0.3, -0.25) is 4.79 Å². The van der Waals surface area contributed by atoms with Crippen LogP contribution in [0.2, 0.25) is 0 Å². The van der Waals surface area contributed by atoms with E-state index in [9.17, 15) is 4.79 Å². The summed E-state index contributed by atoms with van der Waals surface area (Å²) in [5.41, 5.74) is 1.95. The largest absolute Gasteiger partial charge is 0.361 e. The molecule has 0 bridgehead atoms. The van der Waals surface area contributed by atoms with E-state index in [1.165, 1.54) is 0 Å². The predicted octanol–water partition coefficient (Wildman–Crippen LogP) is 2.98. The van der Waals surface area contributed by atoms with Crippen molar-refractivity contribution in [2.24, 2.45) is 0 Å². The highest BCUT2D eigenvalue weighted by Crippen LogP contribution is 2.17. The maximum absolute atomic E-state index is 12.3. The minimum atomic E-state index is -0.319. The first kappa shape index (κ1) is 14.1. The van der Waals surface area contributed by atoms with E-state index in [-0.39, 0.29) is 11.6 Å². The number of carbonyl (C=O) groups excluding carboxylic acids is 1. The Kier molecular flexibility index (Phi) is 3.74. The Balaban J connectivity index is 1.88. The summed E-state index contributed by atoms with van der Waals surface area (Å²) in [6.45, 7) is 3.82. The van der Waals surface area contributed by atoms with Crippen LogP contribution in [-0.2, 0) is 6.42 Å². The van der Waals surface area contributed by atoms with Gasteiger partial charge in [-0.05, 0) is 19.1 Å². The van der Waals surface area contributed by atoms with Crippen LogP contribution in [0.1, 0.15) is 28.9 Å². The first-order valence-corrected chi connectivity index (χ1v) is 7.06. The minimum absolute atomic E-state index is 0.260. The first-order chi connectivity index (χ1) is 10.7. The van der Waals surface area contributed by atoms with Crippen molar-refractivity contribution in [2.75, 3.05) is 5.32 Å². The van der Waals surface area contributed by atoms with Crippen LogP contribution in [0, 0.1) is 6.92 Å². The smallest absolute Gasteiger partial charge is 0.279 e. The number of amides is 1. The Morgan fingerprint density at radius 3 is 2.73 bits per heavy atom. The Morgan fingerprint density at radius 1 is 1.27 bits per heavy atom. The standard InChI is InChI=1S/C16H16N4O2/c1-3-13-10-14(19-22-13)16(21)17-15-9-11(2)18-20(15)12-7-5-4-6-8-12/h4-10H,3H2,1-2H3,(H,17,21).